The molecule has 0 heterocycles. The van der Waals surface area contributed by atoms with Crippen LogP contribution in [0.15, 0.2) is 18.2 Å². The van der Waals surface area contributed by atoms with E-state index >= 15 is 0 Å². The van der Waals surface area contributed by atoms with Crippen LogP contribution in [0.4, 0.5) is 11.4 Å². The van der Waals surface area contributed by atoms with E-state index in [1.165, 1.54) is 18.2 Å². The fraction of sp³-hybridized carbons (Fsp3) is 0.364. The molecule has 0 aliphatic carbocycles. The van der Waals surface area contributed by atoms with Crippen LogP contribution in [0.3, 0.4) is 0 Å². The second-order valence-electron chi connectivity index (χ2n) is 4.19. The molecule has 1 aromatic carbocycles. The first-order chi connectivity index (χ1) is 8.34. The fourth-order valence-electron chi connectivity index (χ4n) is 1.32. The SMILES string of the molecule is CC(C)[C@@H](N)C(=O)Nc1c(O)cccc1[N+](=O)[O-]. The monoisotopic (exact) mass is 253 g/mol. The number of carbonyl (C=O) groups is 1. The van der Waals surface area contributed by atoms with Crippen LogP contribution < -0.4 is 11.1 Å². The van der Waals surface area contributed by atoms with E-state index in [0.29, 0.717) is 0 Å². The third kappa shape index (κ3) is 2.95. The van der Waals surface area contributed by atoms with E-state index < -0.39 is 16.9 Å². The molecule has 0 radical (unpaired) electrons. The number of hydrogen-bond acceptors (Lipinski definition) is 5. The van der Waals surface area contributed by atoms with E-state index in [1.807, 2.05) is 0 Å². The number of phenols is 1. The van der Waals surface area contributed by atoms with Crippen molar-refractivity contribution in [3.8, 4) is 5.75 Å². The maximum absolute atomic E-state index is 11.7. The zero-order valence-corrected chi connectivity index (χ0v) is 10.1. The molecule has 0 aliphatic rings. The Hall–Kier alpha value is -2.15. The quantitative estimate of drug-likeness (QED) is 0.423. The minimum absolute atomic E-state index is 0.116. The molecule has 7 nitrogen and oxygen atoms in total. The Bertz CT molecular complexity index is 473. The molecule has 1 atom stereocenters. The number of carbonyl (C=O) groups excluding carboxylic acids is 1. The van der Waals surface area contributed by atoms with Gasteiger partial charge >= 0.3 is 0 Å². The normalized spacial score (nSPS) is 12.2. The molecular formula is C11H15N3O4. The van der Waals surface area contributed by atoms with Crippen molar-refractivity contribution in [2.45, 2.75) is 19.9 Å². The Morgan fingerprint density at radius 2 is 2.11 bits per heavy atom. The molecule has 1 rings (SSSR count). The summed E-state index contributed by atoms with van der Waals surface area (Å²) in [6.45, 7) is 3.51. The summed E-state index contributed by atoms with van der Waals surface area (Å²) in [5.41, 5.74) is 5.01. The van der Waals surface area contributed by atoms with Gasteiger partial charge in [-0.05, 0) is 12.0 Å². The van der Waals surface area contributed by atoms with Crippen molar-refractivity contribution in [1.29, 1.82) is 0 Å². The predicted molar refractivity (Wildman–Crippen MR) is 66.2 cm³/mol. The smallest absolute Gasteiger partial charge is 0.296 e. The highest BCUT2D eigenvalue weighted by Crippen LogP contribution is 2.33. The third-order valence-electron chi connectivity index (χ3n) is 2.49. The maximum Gasteiger partial charge on any atom is 0.296 e. The molecule has 0 saturated heterocycles. The highest BCUT2D eigenvalue weighted by atomic mass is 16.6. The van der Waals surface area contributed by atoms with Crippen LogP contribution in [0, 0.1) is 16.0 Å². The highest BCUT2D eigenvalue weighted by molar-refractivity contribution is 5.98. The van der Waals surface area contributed by atoms with Gasteiger partial charge in [0.15, 0.2) is 5.69 Å². The van der Waals surface area contributed by atoms with Gasteiger partial charge in [-0.25, -0.2) is 0 Å². The largest absolute Gasteiger partial charge is 0.505 e. The topological polar surface area (TPSA) is 118 Å². The summed E-state index contributed by atoms with van der Waals surface area (Å²) in [5, 5.41) is 22.6. The van der Waals surface area contributed by atoms with Gasteiger partial charge in [-0.1, -0.05) is 19.9 Å². The molecule has 1 aromatic rings. The standard InChI is InChI=1S/C11H15N3O4/c1-6(2)9(12)11(16)13-10-7(14(17)18)4-3-5-8(10)15/h3-6,9,15H,12H2,1-2H3,(H,13,16)/t9-/m1/s1. The number of nitro groups is 1. The minimum atomic E-state index is -0.802. The maximum atomic E-state index is 11.7. The first-order valence-electron chi connectivity index (χ1n) is 5.37. The van der Waals surface area contributed by atoms with Crippen LogP contribution in [0.25, 0.3) is 0 Å². The second kappa shape index (κ2) is 5.46. The summed E-state index contributed by atoms with van der Waals surface area (Å²) < 4.78 is 0. The lowest BCUT2D eigenvalue weighted by atomic mass is 10.0. The average molecular weight is 253 g/mol. The summed E-state index contributed by atoms with van der Waals surface area (Å²) in [6.07, 6.45) is 0. The third-order valence-corrected chi connectivity index (χ3v) is 2.49. The molecule has 1 amide bonds. The molecule has 7 heteroatoms. The van der Waals surface area contributed by atoms with Gasteiger partial charge in [0.25, 0.3) is 5.69 Å². The molecule has 4 N–H and O–H groups in total. The zero-order valence-electron chi connectivity index (χ0n) is 10.1. The number of nitrogens with two attached hydrogens (primary N) is 1. The average Bonchev–Trinajstić information content (AvgIpc) is 2.30. The molecule has 0 fully saturated rings. The van der Waals surface area contributed by atoms with E-state index in [2.05, 4.69) is 5.32 Å². The second-order valence-corrected chi connectivity index (χ2v) is 4.19. The van der Waals surface area contributed by atoms with E-state index in [1.54, 1.807) is 13.8 Å². The van der Waals surface area contributed by atoms with Crippen LogP contribution in [0.5, 0.6) is 5.75 Å². The van der Waals surface area contributed by atoms with Crippen molar-refractivity contribution in [3.63, 3.8) is 0 Å². The molecule has 0 aromatic heterocycles. The number of nitro benzene ring substituents is 1. The van der Waals surface area contributed by atoms with Crippen molar-refractivity contribution >= 4 is 17.3 Å². The first kappa shape index (κ1) is 13.9. The van der Waals surface area contributed by atoms with Crippen LogP contribution in [-0.2, 0) is 4.79 Å². The van der Waals surface area contributed by atoms with Crippen molar-refractivity contribution in [3.05, 3.63) is 28.3 Å². The van der Waals surface area contributed by atoms with Crippen LogP contribution in [0.1, 0.15) is 13.8 Å². The van der Waals surface area contributed by atoms with E-state index in [0.717, 1.165) is 0 Å². The van der Waals surface area contributed by atoms with E-state index in [-0.39, 0.29) is 23.0 Å². The van der Waals surface area contributed by atoms with Crippen LogP contribution in [-0.4, -0.2) is 22.0 Å². The Kier molecular flexibility index (Phi) is 4.22. The van der Waals surface area contributed by atoms with Gasteiger partial charge in [0, 0.05) is 6.07 Å². The van der Waals surface area contributed by atoms with E-state index in [9.17, 15) is 20.0 Å². The number of nitrogens with one attached hydrogen (secondary N) is 1. The summed E-state index contributed by atoms with van der Waals surface area (Å²) in [5.74, 6) is -1.06. The van der Waals surface area contributed by atoms with Gasteiger partial charge in [-0.3, -0.25) is 14.9 Å². The van der Waals surface area contributed by atoms with Crippen molar-refractivity contribution in [2.75, 3.05) is 5.32 Å². The first-order valence-corrected chi connectivity index (χ1v) is 5.37. The Balaban J connectivity index is 3.04. The van der Waals surface area contributed by atoms with Gasteiger partial charge in [-0.15, -0.1) is 0 Å². The number of phenolic OH excluding ortho intramolecular Hbond substituents is 1. The molecule has 0 unspecified atom stereocenters. The van der Waals surface area contributed by atoms with Gasteiger partial charge in [0.2, 0.25) is 5.91 Å². The molecule has 18 heavy (non-hydrogen) atoms. The fourth-order valence-corrected chi connectivity index (χ4v) is 1.32. The van der Waals surface area contributed by atoms with Crippen molar-refractivity contribution in [2.24, 2.45) is 11.7 Å². The molecule has 0 spiro atoms. The molecule has 0 saturated carbocycles. The molecular weight excluding hydrogens is 238 g/mol. The lowest BCUT2D eigenvalue weighted by Gasteiger charge is -2.15. The minimum Gasteiger partial charge on any atom is -0.505 e. The number of hydrogen-bond donors (Lipinski definition) is 3. The molecule has 98 valence electrons. The molecule has 0 bridgehead atoms. The summed E-state index contributed by atoms with van der Waals surface area (Å²) in [6, 6.07) is 2.97. The van der Waals surface area contributed by atoms with E-state index in [4.69, 9.17) is 5.73 Å². The number of anilines is 1. The number of amides is 1. The Labute approximate surface area is 104 Å². The number of benzene rings is 1. The van der Waals surface area contributed by atoms with Gasteiger partial charge in [0.1, 0.15) is 5.75 Å². The van der Waals surface area contributed by atoms with Gasteiger partial charge < -0.3 is 16.2 Å². The lowest BCUT2D eigenvalue weighted by Crippen LogP contribution is -2.39. The van der Waals surface area contributed by atoms with Crippen LogP contribution in [0.2, 0.25) is 0 Å². The van der Waals surface area contributed by atoms with Gasteiger partial charge in [-0.2, -0.15) is 0 Å². The number of aromatic hydroxyl groups is 1. The van der Waals surface area contributed by atoms with Crippen molar-refractivity contribution < 1.29 is 14.8 Å². The zero-order chi connectivity index (χ0) is 13.9. The highest BCUT2D eigenvalue weighted by Gasteiger charge is 2.23. The number of rotatable bonds is 4. The molecule has 0 aliphatic heterocycles. The Morgan fingerprint density at radius 1 is 1.50 bits per heavy atom. The summed E-state index contributed by atoms with van der Waals surface area (Å²) in [7, 11) is 0. The number of para-hydroxylation sites is 1. The van der Waals surface area contributed by atoms with Crippen molar-refractivity contribution in [1.82, 2.24) is 0 Å². The lowest BCUT2D eigenvalue weighted by molar-refractivity contribution is -0.384. The predicted octanol–water partition coefficient (Wildman–Crippen LogP) is 1.22. The van der Waals surface area contributed by atoms with Crippen LogP contribution >= 0.6 is 0 Å². The summed E-state index contributed by atoms with van der Waals surface area (Å²) >= 11 is 0. The summed E-state index contributed by atoms with van der Waals surface area (Å²) in [4.78, 5) is 21.8. The number of nitrogens with zero attached hydrogens (tertiary/aromatic N) is 1. The Morgan fingerprint density at radius 3 is 2.61 bits per heavy atom. The van der Waals surface area contributed by atoms with Gasteiger partial charge in [0.05, 0.1) is 11.0 Å².